The van der Waals surface area contributed by atoms with Gasteiger partial charge in [0.1, 0.15) is 11.4 Å². The Morgan fingerprint density at radius 3 is 2.39 bits per heavy atom. The molecule has 2 aromatic carbocycles. The van der Waals surface area contributed by atoms with Crippen molar-refractivity contribution in [1.82, 2.24) is 9.97 Å². The van der Waals surface area contributed by atoms with Gasteiger partial charge in [0.25, 0.3) is 0 Å². The van der Waals surface area contributed by atoms with Crippen molar-refractivity contribution < 1.29 is 19.4 Å². The summed E-state index contributed by atoms with van der Waals surface area (Å²) in [7, 11) is 0. The first-order valence-electron chi connectivity index (χ1n) is 10.3. The molecule has 2 heterocycles. The molecule has 1 fully saturated rings. The Hall–Kier alpha value is -3.74. The summed E-state index contributed by atoms with van der Waals surface area (Å²) in [6.07, 6.45) is 5.76. The van der Waals surface area contributed by atoms with Crippen LogP contribution < -0.4 is 5.32 Å². The number of carbonyl (C=O) groups excluding carboxylic acids is 2. The standard InChI is InChI=1S/C24H21N3O4/c28-18-7-5-15(6-8-18)17-13-25-23(26-14-17)27-21(29)16-9-11-24(12-10-16)20-4-2-1-3-19(20)22(30)31-24/h1-8,13-14,16,28H,9-12H2,(H,25,26,27,29). The van der Waals surface area contributed by atoms with Gasteiger partial charge in [-0.15, -0.1) is 0 Å². The molecular formula is C24H21N3O4. The summed E-state index contributed by atoms with van der Waals surface area (Å²) in [5.74, 6) is -0.132. The second-order valence-corrected chi connectivity index (χ2v) is 8.04. The Balaban J connectivity index is 1.23. The number of benzene rings is 2. The number of hydrogen-bond donors (Lipinski definition) is 2. The fourth-order valence-corrected chi connectivity index (χ4v) is 4.47. The van der Waals surface area contributed by atoms with Gasteiger partial charge in [0.05, 0.1) is 5.56 Å². The number of phenolic OH excluding ortho intramolecular Hbond substituents is 1. The molecule has 1 aromatic heterocycles. The second kappa shape index (κ2) is 7.50. The summed E-state index contributed by atoms with van der Waals surface area (Å²) < 4.78 is 5.76. The number of phenols is 1. The van der Waals surface area contributed by atoms with Crippen LogP contribution >= 0.6 is 0 Å². The number of aromatic hydroxyl groups is 1. The van der Waals surface area contributed by atoms with Gasteiger partial charge in [-0.05, 0) is 49.4 Å². The molecule has 2 N–H and O–H groups in total. The Kier molecular flexibility index (Phi) is 4.66. The highest BCUT2D eigenvalue weighted by Gasteiger charge is 2.48. The van der Waals surface area contributed by atoms with Crippen LogP contribution in [0.4, 0.5) is 5.95 Å². The second-order valence-electron chi connectivity index (χ2n) is 8.04. The average molecular weight is 415 g/mol. The minimum Gasteiger partial charge on any atom is -0.508 e. The Labute approximate surface area is 179 Å². The Morgan fingerprint density at radius 1 is 1.00 bits per heavy atom. The molecule has 7 heteroatoms. The van der Waals surface area contributed by atoms with Gasteiger partial charge >= 0.3 is 5.97 Å². The molecule has 0 saturated heterocycles. The van der Waals surface area contributed by atoms with E-state index in [9.17, 15) is 14.7 Å². The SMILES string of the molecule is O=C1OC2(CCC(C(=O)Nc3ncc(-c4ccc(O)cc4)cn3)CC2)c2ccccc21. The third kappa shape index (κ3) is 3.52. The van der Waals surface area contributed by atoms with Crippen molar-refractivity contribution in [2.45, 2.75) is 31.3 Å². The van der Waals surface area contributed by atoms with Crippen LogP contribution in [0.1, 0.15) is 41.6 Å². The van der Waals surface area contributed by atoms with Crippen molar-refractivity contribution in [1.29, 1.82) is 0 Å². The lowest BCUT2D eigenvalue weighted by Crippen LogP contribution is -2.36. The number of aromatic nitrogens is 2. The zero-order valence-electron chi connectivity index (χ0n) is 16.7. The van der Waals surface area contributed by atoms with E-state index in [1.165, 1.54) is 0 Å². The molecule has 0 unspecified atom stereocenters. The average Bonchev–Trinajstić information content (AvgIpc) is 3.07. The summed E-state index contributed by atoms with van der Waals surface area (Å²) in [5, 5.41) is 12.2. The number of carbonyl (C=O) groups is 2. The molecule has 1 spiro atoms. The first kappa shape index (κ1) is 19.2. The van der Waals surface area contributed by atoms with Crippen molar-refractivity contribution in [2.24, 2.45) is 5.92 Å². The number of anilines is 1. The minimum absolute atomic E-state index is 0.121. The van der Waals surface area contributed by atoms with Crippen LogP contribution in [-0.4, -0.2) is 27.0 Å². The molecule has 2 aliphatic rings. The van der Waals surface area contributed by atoms with Gasteiger partial charge in [0.15, 0.2) is 0 Å². The lowest BCUT2D eigenvalue weighted by atomic mass is 9.75. The Bertz CT molecular complexity index is 1130. The molecule has 1 aliphatic carbocycles. The maximum atomic E-state index is 12.7. The molecule has 5 rings (SSSR count). The summed E-state index contributed by atoms with van der Waals surface area (Å²) in [6, 6.07) is 14.2. The fraction of sp³-hybridized carbons (Fsp3) is 0.250. The van der Waals surface area contributed by atoms with E-state index in [1.54, 1.807) is 42.7 Å². The van der Waals surface area contributed by atoms with Gasteiger partial charge in [0.2, 0.25) is 11.9 Å². The smallest absolute Gasteiger partial charge is 0.339 e. The topological polar surface area (TPSA) is 101 Å². The number of nitrogens with one attached hydrogen (secondary N) is 1. The molecule has 0 atom stereocenters. The van der Waals surface area contributed by atoms with Crippen LogP contribution in [-0.2, 0) is 15.1 Å². The number of hydrogen-bond acceptors (Lipinski definition) is 6. The maximum absolute atomic E-state index is 12.7. The predicted octanol–water partition coefficient (Wildman–Crippen LogP) is 4.04. The summed E-state index contributed by atoms with van der Waals surface area (Å²) >= 11 is 0. The van der Waals surface area contributed by atoms with Crippen LogP contribution in [0.3, 0.4) is 0 Å². The molecule has 1 aliphatic heterocycles. The van der Waals surface area contributed by atoms with Crippen molar-refractivity contribution in [3.8, 4) is 16.9 Å². The number of rotatable bonds is 3. The van der Waals surface area contributed by atoms with E-state index in [-0.39, 0.29) is 29.5 Å². The number of nitrogens with zero attached hydrogens (tertiary/aromatic N) is 2. The van der Waals surface area contributed by atoms with Gasteiger partial charge in [0, 0.05) is 29.4 Å². The number of fused-ring (bicyclic) bond motifs is 2. The molecule has 31 heavy (non-hydrogen) atoms. The van der Waals surface area contributed by atoms with Crippen molar-refractivity contribution in [2.75, 3.05) is 5.32 Å². The monoisotopic (exact) mass is 415 g/mol. The zero-order valence-corrected chi connectivity index (χ0v) is 16.7. The van der Waals surface area contributed by atoms with Gasteiger partial charge in [-0.2, -0.15) is 0 Å². The quantitative estimate of drug-likeness (QED) is 0.626. The molecule has 0 radical (unpaired) electrons. The molecule has 156 valence electrons. The van der Waals surface area contributed by atoms with E-state index in [0.29, 0.717) is 31.2 Å². The van der Waals surface area contributed by atoms with Crippen molar-refractivity contribution in [3.05, 3.63) is 72.1 Å². The highest BCUT2D eigenvalue weighted by atomic mass is 16.6. The largest absolute Gasteiger partial charge is 0.508 e. The van der Waals surface area contributed by atoms with Crippen LogP contribution in [0.25, 0.3) is 11.1 Å². The molecule has 0 bridgehead atoms. The molecule has 7 nitrogen and oxygen atoms in total. The summed E-state index contributed by atoms with van der Waals surface area (Å²) in [6.45, 7) is 0. The third-order valence-electron chi connectivity index (χ3n) is 6.18. The van der Waals surface area contributed by atoms with E-state index in [1.807, 2.05) is 18.2 Å². The first-order chi connectivity index (χ1) is 15.0. The van der Waals surface area contributed by atoms with E-state index in [2.05, 4.69) is 15.3 Å². The maximum Gasteiger partial charge on any atom is 0.339 e. The van der Waals surface area contributed by atoms with E-state index < -0.39 is 5.60 Å². The normalized spacial score (nSPS) is 22.1. The minimum atomic E-state index is -0.604. The summed E-state index contributed by atoms with van der Waals surface area (Å²) in [4.78, 5) is 33.5. The van der Waals surface area contributed by atoms with E-state index >= 15 is 0 Å². The van der Waals surface area contributed by atoms with Crippen LogP contribution in [0.2, 0.25) is 0 Å². The van der Waals surface area contributed by atoms with Crippen LogP contribution in [0.5, 0.6) is 5.75 Å². The third-order valence-corrected chi connectivity index (χ3v) is 6.18. The zero-order chi connectivity index (χ0) is 21.4. The number of ether oxygens (including phenoxy) is 1. The van der Waals surface area contributed by atoms with Gasteiger partial charge in [-0.3, -0.25) is 10.1 Å². The predicted molar refractivity (Wildman–Crippen MR) is 113 cm³/mol. The number of esters is 1. The molecule has 1 saturated carbocycles. The molecule has 3 aromatic rings. The number of amides is 1. The molecule has 1 amide bonds. The summed E-state index contributed by atoms with van der Waals surface area (Å²) in [5.41, 5.74) is 2.63. The lowest BCUT2D eigenvalue weighted by Gasteiger charge is -2.35. The van der Waals surface area contributed by atoms with Crippen molar-refractivity contribution in [3.63, 3.8) is 0 Å². The van der Waals surface area contributed by atoms with E-state index in [4.69, 9.17) is 4.74 Å². The highest BCUT2D eigenvalue weighted by molar-refractivity contribution is 5.95. The Morgan fingerprint density at radius 2 is 1.68 bits per heavy atom. The van der Waals surface area contributed by atoms with Gasteiger partial charge in [-0.1, -0.05) is 30.3 Å². The van der Waals surface area contributed by atoms with Crippen molar-refractivity contribution >= 4 is 17.8 Å². The fourth-order valence-electron chi connectivity index (χ4n) is 4.47. The molecular weight excluding hydrogens is 394 g/mol. The van der Waals surface area contributed by atoms with Crippen LogP contribution in [0.15, 0.2) is 60.9 Å². The highest BCUT2D eigenvalue weighted by Crippen LogP contribution is 2.48. The van der Waals surface area contributed by atoms with Gasteiger partial charge < -0.3 is 9.84 Å². The lowest BCUT2D eigenvalue weighted by molar-refractivity contribution is -0.122. The van der Waals surface area contributed by atoms with Crippen LogP contribution in [0, 0.1) is 5.92 Å². The van der Waals surface area contributed by atoms with Gasteiger partial charge in [-0.25, -0.2) is 14.8 Å². The first-order valence-corrected chi connectivity index (χ1v) is 10.3. The van der Waals surface area contributed by atoms with E-state index in [0.717, 1.165) is 16.7 Å².